The summed E-state index contributed by atoms with van der Waals surface area (Å²) in [5.41, 5.74) is 3.55. The monoisotopic (exact) mass is 367 g/mol. The SMILES string of the molecule is C=CCn1c(=NC(=O)c2ccc([N+](=O)[O-])cc2)sc2cc(C)cc(C)c21. The van der Waals surface area contributed by atoms with E-state index in [9.17, 15) is 14.9 Å². The summed E-state index contributed by atoms with van der Waals surface area (Å²) in [5, 5.41) is 10.7. The fourth-order valence-corrected chi connectivity index (χ4v) is 4.07. The predicted octanol–water partition coefficient (Wildman–Crippen LogP) is 4.15. The largest absolute Gasteiger partial charge is 0.312 e. The van der Waals surface area contributed by atoms with Crippen LogP contribution in [0.5, 0.6) is 0 Å². The van der Waals surface area contributed by atoms with Gasteiger partial charge in [-0.05, 0) is 43.2 Å². The number of nitrogens with zero attached hydrogens (tertiary/aromatic N) is 3. The Bertz CT molecular complexity index is 1090. The molecule has 0 aliphatic rings. The minimum atomic E-state index is -0.499. The summed E-state index contributed by atoms with van der Waals surface area (Å²) in [6, 6.07) is 9.62. The highest BCUT2D eigenvalue weighted by Gasteiger charge is 2.12. The number of hydrogen-bond donors (Lipinski definition) is 0. The van der Waals surface area contributed by atoms with E-state index in [4.69, 9.17) is 0 Å². The maximum absolute atomic E-state index is 12.5. The maximum Gasteiger partial charge on any atom is 0.279 e. The van der Waals surface area contributed by atoms with Gasteiger partial charge >= 0.3 is 0 Å². The van der Waals surface area contributed by atoms with Gasteiger partial charge in [-0.15, -0.1) is 6.58 Å². The fraction of sp³-hybridized carbons (Fsp3) is 0.158. The number of thiazole rings is 1. The molecular weight excluding hydrogens is 350 g/mol. The van der Waals surface area contributed by atoms with Gasteiger partial charge in [0, 0.05) is 24.2 Å². The van der Waals surface area contributed by atoms with E-state index in [2.05, 4.69) is 23.7 Å². The molecule has 2 aromatic carbocycles. The number of allylic oxidation sites excluding steroid dienone is 1. The molecule has 0 unspecified atom stereocenters. The number of non-ortho nitro benzene ring substituents is 1. The molecule has 1 heterocycles. The Labute approximate surface area is 153 Å². The number of rotatable bonds is 4. The van der Waals surface area contributed by atoms with Gasteiger partial charge in [0.1, 0.15) is 0 Å². The maximum atomic E-state index is 12.5. The summed E-state index contributed by atoms with van der Waals surface area (Å²) in [6.07, 6.45) is 1.76. The van der Waals surface area contributed by atoms with Crippen molar-refractivity contribution in [1.29, 1.82) is 0 Å². The highest BCUT2D eigenvalue weighted by molar-refractivity contribution is 7.16. The number of hydrogen-bond acceptors (Lipinski definition) is 4. The van der Waals surface area contributed by atoms with Crippen molar-refractivity contribution in [2.24, 2.45) is 4.99 Å². The Morgan fingerprint density at radius 1 is 1.31 bits per heavy atom. The molecule has 0 radical (unpaired) electrons. The van der Waals surface area contributed by atoms with Crippen LogP contribution in [0.1, 0.15) is 21.5 Å². The number of carbonyl (C=O) groups is 1. The van der Waals surface area contributed by atoms with Crippen LogP contribution in [0, 0.1) is 24.0 Å². The van der Waals surface area contributed by atoms with Crippen LogP contribution in [0.3, 0.4) is 0 Å². The minimum absolute atomic E-state index is 0.0590. The zero-order chi connectivity index (χ0) is 18.8. The molecular formula is C19H17N3O3S. The molecule has 0 aliphatic carbocycles. The average Bonchev–Trinajstić information content (AvgIpc) is 2.92. The van der Waals surface area contributed by atoms with Crippen molar-refractivity contribution >= 4 is 33.1 Å². The van der Waals surface area contributed by atoms with E-state index in [-0.39, 0.29) is 5.69 Å². The van der Waals surface area contributed by atoms with Crippen LogP contribution in [0.2, 0.25) is 0 Å². The van der Waals surface area contributed by atoms with Crippen molar-refractivity contribution in [2.45, 2.75) is 20.4 Å². The second-order valence-corrected chi connectivity index (χ2v) is 6.94. The average molecular weight is 367 g/mol. The number of carbonyl (C=O) groups excluding carboxylic acids is 1. The molecule has 3 aromatic rings. The number of aryl methyl sites for hydroxylation is 2. The molecule has 0 saturated heterocycles. The van der Waals surface area contributed by atoms with E-state index in [0.29, 0.717) is 16.9 Å². The third-order valence-electron chi connectivity index (χ3n) is 3.95. The molecule has 7 heteroatoms. The van der Waals surface area contributed by atoms with Crippen LogP contribution in [-0.2, 0) is 6.54 Å². The van der Waals surface area contributed by atoms with Crippen LogP contribution in [0.4, 0.5) is 5.69 Å². The molecule has 0 aliphatic heterocycles. The van der Waals surface area contributed by atoms with Crippen molar-refractivity contribution in [3.63, 3.8) is 0 Å². The number of nitro groups is 1. The second kappa shape index (κ2) is 7.05. The van der Waals surface area contributed by atoms with Crippen LogP contribution in [-0.4, -0.2) is 15.4 Å². The van der Waals surface area contributed by atoms with E-state index in [1.54, 1.807) is 6.08 Å². The van der Waals surface area contributed by atoms with Crippen molar-refractivity contribution in [3.8, 4) is 0 Å². The lowest BCUT2D eigenvalue weighted by Gasteiger charge is -2.05. The molecule has 132 valence electrons. The molecule has 3 rings (SSSR count). The highest BCUT2D eigenvalue weighted by Crippen LogP contribution is 2.23. The van der Waals surface area contributed by atoms with Gasteiger partial charge in [-0.1, -0.05) is 23.5 Å². The Hall–Kier alpha value is -3.06. The third-order valence-corrected chi connectivity index (χ3v) is 4.97. The number of fused-ring (bicyclic) bond motifs is 1. The van der Waals surface area contributed by atoms with Crippen molar-refractivity contribution in [3.05, 3.63) is 80.7 Å². The van der Waals surface area contributed by atoms with Crippen LogP contribution >= 0.6 is 11.3 Å². The molecule has 1 aromatic heterocycles. The summed E-state index contributed by atoms with van der Waals surface area (Å²) < 4.78 is 3.02. The lowest BCUT2D eigenvalue weighted by atomic mass is 10.1. The van der Waals surface area contributed by atoms with Gasteiger partial charge in [0.25, 0.3) is 11.6 Å². The van der Waals surface area contributed by atoms with Crippen LogP contribution in [0.25, 0.3) is 10.2 Å². The molecule has 0 N–H and O–H groups in total. The zero-order valence-electron chi connectivity index (χ0n) is 14.4. The zero-order valence-corrected chi connectivity index (χ0v) is 15.2. The Morgan fingerprint density at radius 3 is 2.62 bits per heavy atom. The van der Waals surface area contributed by atoms with E-state index in [1.165, 1.54) is 35.6 Å². The van der Waals surface area contributed by atoms with E-state index in [1.807, 2.05) is 18.4 Å². The number of aromatic nitrogens is 1. The summed E-state index contributed by atoms with van der Waals surface area (Å²) in [5.74, 6) is -0.432. The molecule has 1 amide bonds. The van der Waals surface area contributed by atoms with E-state index >= 15 is 0 Å². The van der Waals surface area contributed by atoms with Crippen molar-refractivity contribution in [1.82, 2.24) is 4.57 Å². The smallest absolute Gasteiger partial charge is 0.279 e. The van der Waals surface area contributed by atoms with Gasteiger partial charge in [0.05, 0.1) is 15.1 Å². The first-order valence-corrected chi connectivity index (χ1v) is 8.77. The molecule has 0 saturated carbocycles. The number of nitro benzene ring substituents is 1. The summed E-state index contributed by atoms with van der Waals surface area (Å²) in [4.78, 5) is 27.6. The Kier molecular flexibility index (Phi) is 4.81. The van der Waals surface area contributed by atoms with Crippen LogP contribution < -0.4 is 4.80 Å². The summed E-state index contributed by atoms with van der Waals surface area (Å²) in [6.45, 7) is 8.39. The quantitative estimate of drug-likeness (QED) is 0.395. The fourth-order valence-electron chi connectivity index (χ4n) is 2.85. The molecule has 0 spiro atoms. The topological polar surface area (TPSA) is 77.5 Å². The molecule has 0 bridgehead atoms. The summed E-state index contributed by atoms with van der Waals surface area (Å²) >= 11 is 1.44. The van der Waals surface area contributed by atoms with Gasteiger partial charge in [-0.2, -0.15) is 4.99 Å². The van der Waals surface area contributed by atoms with Crippen molar-refractivity contribution in [2.75, 3.05) is 0 Å². The second-order valence-electron chi connectivity index (χ2n) is 5.93. The van der Waals surface area contributed by atoms with Gasteiger partial charge in [0.15, 0.2) is 4.80 Å². The molecule has 0 fully saturated rings. The first-order chi connectivity index (χ1) is 12.4. The van der Waals surface area contributed by atoms with Gasteiger partial charge < -0.3 is 4.57 Å². The summed E-state index contributed by atoms with van der Waals surface area (Å²) in [7, 11) is 0. The lowest BCUT2D eigenvalue weighted by Crippen LogP contribution is -2.16. The van der Waals surface area contributed by atoms with Crippen molar-refractivity contribution < 1.29 is 9.72 Å². The van der Waals surface area contributed by atoms with Gasteiger partial charge in [-0.25, -0.2) is 0 Å². The van der Waals surface area contributed by atoms with Gasteiger partial charge in [-0.3, -0.25) is 14.9 Å². The lowest BCUT2D eigenvalue weighted by molar-refractivity contribution is -0.384. The Balaban J connectivity index is 2.12. The minimum Gasteiger partial charge on any atom is -0.312 e. The highest BCUT2D eigenvalue weighted by atomic mass is 32.1. The molecule has 6 nitrogen and oxygen atoms in total. The number of benzene rings is 2. The predicted molar refractivity (Wildman–Crippen MR) is 102 cm³/mol. The third kappa shape index (κ3) is 3.34. The molecule has 26 heavy (non-hydrogen) atoms. The standard InChI is InChI=1S/C19H17N3O3S/c1-4-9-21-17-13(3)10-12(2)11-16(17)26-19(21)20-18(23)14-5-7-15(8-6-14)22(24)25/h4-8,10-11H,1,9H2,2-3H3. The Morgan fingerprint density at radius 2 is 2.00 bits per heavy atom. The van der Waals surface area contributed by atoms with E-state index in [0.717, 1.165) is 21.3 Å². The van der Waals surface area contributed by atoms with Crippen LogP contribution in [0.15, 0.2) is 54.0 Å². The normalized spacial score (nSPS) is 11.7. The number of amides is 1. The first-order valence-electron chi connectivity index (χ1n) is 7.95. The first kappa shape index (κ1) is 17.8. The molecule has 0 atom stereocenters. The van der Waals surface area contributed by atoms with Gasteiger partial charge in [0.2, 0.25) is 0 Å². The van der Waals surface area contributed by atoms with E-state index < -0.39 is 10.8 Å².